The van der Waals surface area contributed by atoms with Gasteiger partial charge in [-0.1, -0.05) is 38.4 Å². The molecule has 1 aromatic rings. The van der Waals surface area contributed by atoms with Gasteiger partial charge in [-0.2, -0.15) is 0 Å². The van der Waals surface area contributed by atoms with Crippen LogP contribution < -0.4 is 15.8 Å². The first-order chi connectivity index (χ1) is 8.90. The van der Waals surface area contributed by atoms with Crippen LogP contribution in [0.3, 0.4) is 0 Å². The molecule has 0 fully saturated rings. The molecule has 4 nitrogen and oxygen atoms in total. The van der Waals surface area contributed by atoms with Gasteiger partial charge in [-0.3, -0.25) is 4.79 Å². The van der Waals surface area contributed by atoms with Crippen LogP contribution >= 0.6 is 11.6 Å². The van der Waals surface area contributed by atoms with Gasteiger partial charge < -0.3 is 15.8 Å². The van der Waals surface area contributed by atoms with Gasteiger partial charge in [0.25, 0.3) is 0 Å². The maximum absolute atomic E-state index is 10.9. The van der Waals surface area contributed by atoms with Crippen molar-refractivity contribution in [3.05, 3.63) is 28.8 Å². The zero-order valence-corrected chi connectivity index (χ0v) is 12.3. The summed E-state index contributed by atoms with van der Waals surface area (Å²) in [4.78, 5) is 10.9. The largest absolute Gasteiger partial charge is 0.491 e. The normalized spacial score (nSPS) is 12.5. The predicted molar refractivity (Wildman–Crippen MR) is 77.3 cm³/mol. The number of hydrogen-bond donors (Lipinski definition) is 2. The summed E-state index contributed by atoms with van der Waals surface area (Å²) in [6, 6.07) is 6.05. The van der Waals surface area contributed by atoms with Crippen LogP contribution in [0.5, 0.6) is 5.75 Å². The molecule has 1 rings (SSSR count). The topological polar surface area (TPSA) is 64.3 Å². The van der Waals surface area contributed by atoms with Crippen molar-refractivity contribution in [1.82, 2.24) is 5.32 Å². The standard InChI is InChI=1S/C14H21ClN2O2/c1-9(2)17-7-11-4-5-13(12(15)6-11)19-8-10(3)14(16)18/h4-6,9-10,17H,7-8H2,1-3H3,(H2,16,18). The van der Waals surface area contributed by atoms with Gasteiger partial charge in [0.15, 0.2) is 0 Å². The number of hydrogen-bond acceptors (Lipinski definition) is 3. The Morgan fingerprint density at radius 3 is 2.63 bits per heavy atom. The van der Waals surface area contributed by atoms with Gasteiger partial charge in [-0.05, 0) is 17.7 Å². The Morgan fingerprint density at radius 1 is 1.42 bits per heavy atom. The molecule has 0 aliphatic heterocycles. The molecule has 1 unspecified atom stereocenters. The first-order valence-electron chi connectivity index (χ1n) is 6.34. The second-order valence-electron chi connectivity index (χ2n) is 4.91. The Hall–Kier alpha value is -1.26. The molecule has 5 heteroatoms. The van der Waals surface area contributed by atoms with Crippen molar-refractivity contribution in [2.24, 2.45) is 11.7 Å². The van der Waals surface area contributed by atoms with E-state index in [2.05, 4.69) is 19.2 Å². The summed E-state index contributed by atoms with van der Waals surface area (Å²) in [6.07, 6.45) is 0. The van der Waals surface area contributed by atoms with Gasteiger partial charge in [0, 0.05) is 12.6 Å². The molecule has 0 spiro atoms. The number of ether oxygens (including phenoxy) is 1. The molecule has 3 N–H and O–H groups in total. The Bertz CT molecular complexity index is 435. The van der Waals surface area contributed by atoms with Gasteiger partial charge in [-0.25, -0.2) is 0 Å². The summed E-state index contributed by atoms with van der Waals surface area (Å²) in [7, 11) is 0. The minimum absolute atomic E-state index is 0.235. The Morgan fingerprint density at radius 2 is 2.11 bits per heavy atom. The van der Waals surface area contributed by atoms with E-state index in [0.29, 0.717) is 16.8 Å². The van der Waals surface area contributed by atoms with Crippen molar-refractivity contribution in [2.45, 2.75) is 33.4 Å². The lowest BCUT2D eigenvalue weighted by molar-refractivity contribution is -0.122. The highest BCUT2D eigenvalue weighted by atomic mass is 35.5. The maximum atomic E-state index is 10.9. The lowest BCUT2D eigenvalue weighted by atomic mass is 10.2. The van der Waals surface area contributed by atoms with Crippen LogP contribution in [-0.4, -0.2) is 18.6 Å². The molecule has 0 saturated carbocycles. The van der Waals surface area contributed by atoms with Crippen LogP contribution in [0.2, 0.25) is 5.02 Å². The average molecular weight is 285 g/mol. The van der Waals surface area contributed by atoms with E-state index in [1.165, 1.54) is 0 Å². The molecular weight excluding hydrogens is 264 g/mol. The molecule has 0 saturated heterocycles. The van der Waals surface area contributed by atoms with Crippen molar-refractivity contribution in [3.63, 3.8) is 0 Å². The third-order valence-corrected chi connectivity index (χ3v) is 2.98. The fourth-order valence-corrected chi connectivity index (χ4v) is 1.65. The van der Waals surface area contributed by atoms with Gasteiger partial charge in [0.05, 0.1) is 17.5 Å². The van der Waals surface area contributed by atoms with Crippen LogP contribution in [-0.2, 0) is 11.3 Å². The number of primary amides is 1. The van der Waals surface area contributed by atoms with Crippen molar-refractivity contribution in [2.75, 3.05) is 6.61 Å². The molecule has 0 heterocycles. The highest BCUT2D eigenvalue weighted by molar-refractivity contribution is 6.32. The molecule has 1 atom stereocenters. The van der Waals surface area contributed by atoms with Crippen LogP contribution in [0.4, 0.5) is 0 Å². The van der Waals surface area contributed by atoms with Crippen LogP contribution in [0.15, 0.2) is 18.2 Å². The second-order valence-corrected chi connectivity index (χ2v) is 5.32. The number of halogens is 1. The van der Waals surface area contributed by atoms with Crippen LogP contribution in [0, 0.1) is 5.92 Å². The molecule has 1 amide bonds. The first kappa shape index (κ1) is 15.8. The van der Waals surface area contributed by atoms with Gasteiger partial charge in [0.2, 0.25) is 5.91 Å². The highest BCUT2D eigenvalue weighted by Gasteiger charge is 2.11. The number of carbonyl (C=O) groups is 1. The number of carbonyl (C=O) groups excluding carboxylic acids is 1. The Kier molecular flexibility index (Phi) is 6.12. The van der Waals surface area contributed by atoms with Gasteiger partial charge in [-0.15, -0.1) is 0 Å². The molecule has 19 heavy (non-hydrogen) atoms. The highest BCUT2D eigenvalue weighted by Crippen LogP contribution is 2.25. The van der Waals surface area contributed by atoms with E-state index in [4.69, 9.17) is 22.1 Å². The van der Waals surface area contributed by atoms with E-state index >= 15 is 0 Å². The summed E-state index contributed by atoms with van der Waals surface area (Å²) in [5.41, 5.74) is 6.26. The molecule has 106 valence electrons. The number of benzene rings is 1. The van der Waals surface area contributed by atoms with Crippen molar-refractivity contribution < 1.29 is 9.53 Å². The smallest absolute Gasteiger partial charge is 0.223 e. The maximum Gasteiger partial charge on any atom is 0.223 e. The molecule has 0 aliphatic carbocycles. The molecule has 0 radical (unpaired) electrons. The Balaban J connectivity index is 2.59. The minimum atomic E-state index is -0.381. The molecule has 0 bridgehead atoms. The van der Waals surface area contributed by atoms with Crippen molar-refractivity contribution in [3.8, 4) is 5.75 Å². The summed E-state index contributed by atoms with van der Waals surface area (Å²) < 4.78 is 5.49. The quantitative estimate of drug-likeness (QED) is 0.808. The number of nitrogens with one attached hydrogen (secondary N) is 1. The molecule has 0 aliphatic rings. The molecule has 1 aromatic carbocycles. The van der Waals surface area contributed by atoms with Crippen LogP contribution in [0.1, 0.15) is 26.3 Å². The van der Waals surface area contributed by atoms with Crippen LogP contribution in [0.25, 0.3) is 0 Å². The fourth-order valence-electron chi connectivity index (χ4n) is 1.39. The predicted octanol–water partition coefficient (Wildman–Crippen LogP) is 2.34. The summed E-state index contributed by atoms with van der Waals surface area (Å²) in [5.74, 6) is -0.143. The van der Waals surface area contributed by atoms with E-state index in [9.17, 15) is 4.79 Å². The molecule has 0 aromatic heterocycles. The minimum Gasteiger partial charge on any atom is -0.491 e. The zero-order chi connectivity index (χ0) is 14.4. The van der Waals surface area contributed by atoms with Gasteiger partial charge in [0.1, 0.15) is 5.75 Å². The monoisotopic (exact) mass is 284 g/mol. The lowest BCUT2D eigenvalue weighted by Gasteiger charge is -2.13. The van der Waals surface area contributed by atoms with E-state index in [1.54, 1.807) is 6.92 Å². The number of rotatable bonds is 7. The zero-order valence-electron chi connectivity index (χ0n) is 11.6. The third kappa shape index (κ3) is 5.49. The van der Waals surface area contributed by atoms with E-state index in [0.717, 1.165) is 12.1 Å². The summed E-state index contributed by atoms with van der Waals surface area (Å²) in [6.45, 7) is 6.89. The second kappa shape index (κ2) is 7.36. The third-order valence-electron chi connectivity index (χ3n) is 2.69. The first-order valence-corrected chi connectivity index (χ1v) is 6.72. The number of amides is 1. The van der Waals surface area contributed by atoms with Crippen molar-refractivity contribution in [1.29, 1.82) is 0 Å². The van der Waals surface area contributed by atoms with Gasteiger partial charge >= 0.3 is 0 Å². The molecular formula is C14H21ClN2O2. The summed E-state index contributed by atoms with van der Waals surface area (Å²) >= 11 is 6.14. The average Bonchev–Trinajstić information content (AvgIpc) is 2.34. The summed E-state index contributed by atoms with van der Waals surface area (Å²) in [5, 5.41) is 3.85. The van der Waals surface area contributed by atoms with E-state index in [-0.39, 0.29) is 18.4 Å². The van der Waals surface area contributed by atoms with Crippen molar-refractivity contribution >= 4 is 17.5 Å². The Labute approximate surface area is 119 Å². The lowest BCUT2D eigenvalue weighted by Crippen LogP contribution is -2.25. The SMILES string of the molecule is CC(C)NCc1ccc(OCC(C)C(N)=O)c(Cl)c1. The van der Waals surface area contributed by atoms with E-state index in [1.807, 2.05) is 18.2 Å². The number of nitrogens with two attached hydrogens (primary N) is 1. The fraction of sp³-hybridized carbons (Fsp3) is 0.500. The van der Waals surface area contributed by atoms with E-state index < -0.39 is 0 Å².